The van der Waals surface area contributed by atoms with E-state index in [1.54, 1.807) is 31.2 Å². The topological polar surface area (TPSA) is 510 Å². The molecule has 576 valence electrons. The number of hydrogen-bond donors (Lipinski definition) is 18. The van der Waals surface area contributed by atoms with Gasteiger partial charge in [0, 0.05) is 49.8 Å². The van der Waals surface area contributed by atoms with E-state index in [0.717, 1.165) is 65.1 Å². The van der Waals surface area contributed by atoms with Crippen LogP contribution in [-0.4, -0.2) is 185 Å². The van der Waals surface area contributed by atoms with Crippen molar-refractivity contribution in [2.45, 2.75) is 161 Å². The van der Waals surface area contributed by atoms with E-state index >= 15 is 14.4 Å². The second-order valence-corrected chi connectivity index (χ2v) is 30.1. The van der Waals surface area contributed by atoms with Crippen LogP contribution in [0.25, 0.3) is 11.1 Å². The van der Waals surface area contributed by atoms with Crippen LogP contribution in [0.3, 0.4) is 0 Å². The number of primary amides is 1. The highest BCUT2D eigenvalue weighted by atomic mass is 79.9. The van der Waals surface area contributed by atoms with Crippen LogP contribution in [0.5, 0.6) is 46.0 Å². The highest BCUT2D eigenvalue weighted by molar-refractivity contribution is 9.10. The lowest BCUT2D eigenvalue weighted by Gasteiger charge is -2.47. The van der Waals surface area contributed by atoms with Crippen LogP contribution in [0.1, 0.15) is 105 Å². The van der Waals surface area contributed by atoms with Crippen LogP contribution in [0.4, 0.5) is 0 Å². The Labute approximate surface area is 638 Å². The summed E-state index contributed by atoms with van der Waals surface area (Å²) in [4.78, 5) is 118. The molecule has 108 heavy (non-hydrogen) atoms. The fraction of sp³-hybridized carbons (Fsp3) is 0.389. The number of phenols is 3. The fourth-order valence-corrected chi connectivity index (χ4v) is 14.9. The lowest BCUT2D eigenvalue weighted by Crippen LogP contribution is -2.64. The number of ether oxygens (including phenoxy) is 6. The van der Waals surface area contributed by atoms with Crippen LogP contribution in [0.2, 0.25) is 10.0 Å². The van der Waals surface area contributed by atoms with Crippen LogP contribution < -0.4 is 62.9 Å². The number of nitrogens with one attached hydrogen (secondary N) is 7. The van der Waals surface area contributed by atoms with Gasteiger partial charge in [0.2, 0.25) is 53.4 Å². The van der Waals surface area contributed by atoms with E-state index in [-0.39, 0.29) is 57.7 Å². The van der Waals surface area contributed by atoms with Crippen LogP contribution in [0.15, 0.2) is 112 Å². The molecule has 0 spiro atoms. The molecule has 6 aromatic rings. The summed E-state index contributed by atoms with van der Waals surface area (Å²) in [5.41, 5.74) is 8.27. The smallest absolute Gasteiger partial charge is 0.330 e. The number of aromatic hydroxyl groups is 3. The number of halogens is 3. The summed E-state index contributed by atoms with van der Waals surface area (Å²) in [6.45, 7) is 6.72. The number of aliphatic hydroxyl groups is 5. The average Bonchev–Trinajstić information content (AvgIpc) is 0.767. The van der Waals surface area contributed by atoms with Crippen molar-refractivity contribution >= 4 is 98.2 Å². The van der Waals surface area contributed by atoms with E-state index < -0.39 is 225 Å². The first-order chi connectivity index (χ1) is 51.1. The summed E-state index contributed by atoms with van der Waals surface area (Å²) in [5, 5.41) is 122. The molecular formula is C72H78BrCl2N9O23S. The number of fused-ring (bicyclic) bond motifs is 15. The van der Waals surface area contributed by atoms with Gasteiger partial charge in [-0.3, -0.25) is 33.6 Å². The maximum absolute atomic E-state index is 16.2. The zero-order valence-electron chi connectivity index (χ0n) is 58.0. The molecule has 7 heterocycles. The normalized spacial score (nSPS) is 28.3. The molecule has 11 bridgehead atoms. The zero-order chi connectivity index (χ0) is 78.2. The highest BCUT2D eigenvalue weighted by Gasteiger charge is 2.52. The minimum absolute atomic E-state index is 0.0799. The molecular weight excluding hydrogens is 1540 g/mol. The summed E-state index contributed by atoms with van der Waals surface area (Å²) in [6.07, 6.45) is -17.7. The number of carboxylic acid groups (broad SMARTS) is 1. The van der Waals surface area contributed by atoms with Crippen molar-refractivity contribution in [2.75, 3.05) is 12.8 Å². The molecule has 6 aromatic carbocycles. The number of thioether (sulfide) groups is 1. The minimum Gasteiger partial charge on any atom is -0.508 e. The number of likely N-dealkylation sites (N-methyl/N-ethyl adjacent to an activating group) is 1. The molecule has 0 aromatic heterocycles. The van der Waals surface area contributed by atoms with E-state index in [0.29, 0.717) is 4.90 Å². The standard InChI is InChI=1S/C72H78BrCl2N9O23S/c1-27(2)16-40(78-5)64(94)83-55-57(89)30-7-14-44(38(74)18-30)103-46-20-32-21-47(61(46)107-71-62(106-50-25-72(4,77)63(93)28(3)102-50)60(92)59(91)48(105-71)26-108-35-11-9-33(73)10-12-35)104-45-15-8-31(19-39(45)75)58(90)56-69(99)82-54(70(100)101)37-22-34(85)23-43(87)51(37)36-17-29(6-13-42(36)86)52(66(96)84-56)81-67(97)53(32)80-65(95)41(24-49(76)88)79-68(55)98/h6-15,17-23,27-28,40-41,48,50,52-60,62-63,71,78,85-87,89-93H,16,24-26,77H2,1-5H3,(H2,76,88)(H,79,98)(H,80,95)(H,81,97)(H,82,99)(H,83,94)(H,84,96)(H,100,101)/t28-,40+,41-,48+,50-,52+,53?,54-,55+,56?,57+,58+,59+,60-,62+,63+,71-,72-/m0/s1. The van der Waals surface area contributed by atoms with Crippen molar-refractivity contribution in [3.8, 4) is 57.1 Å². The number of carbonyl (C=O) groups excluding carboxylic acids is 7. The van der Waals surface area contributed by atoms with Crippen LogP contribution in [0, 0.1) is 5.92 Å². The van der Waals surface area contributed by atoms with Gasteiger partial charge in [0.05, 0.1) is 40.8 Å². The predicted octanol–water partition coefficient (Wildman–Crippen LogP) is 3.67. The second kappa shape index (κ2) is 33.0. The van der Waals surface area contributed by atoms with Gasteiger partial charge in [0.15, 0.2) is 29.9 Å². The van der Waals surface area contributed by atoms with Crippen molar-refractivity contribution in [3.63, 3.8) is 0 Å². The van der Waals surface area contributed by atoms with Gasteiger partial charge >= 0.3 is 5.97 Å². The Morgan fingerprint density at radius 3 is 1.93 bits per heavy atom. The number of carboxylic acids is 1. The third-order valence-electron chi connectivity index (χ3n) is 18.8. The molecule has 2 saturated heterocycles. The highest BCUT2D eigenvalue weighted by Crippen LogP contribution is 2.50. The van der Waals surface area contributed by atoms with Gasteiger partial charge in [-0.05, 0) is 134 Å². The molecule has 13 rings (SSSR count). The van der Waals surface area contributed by atoms with Gasteiger partial charge in [-0.15, -0.1) is 11.8 Å². The summed E-state index contributed by atoms with van der Waals surface area (Å²) in [5.74, 6) is -15.7. The number of rotatable bonds is 15. The van der Waals surface area contributed by atoms with E-state index in [9.17, 15) is 69.9 Å². The average molecular weight is 1620 g/mol. The number of nitrogens with two attached hydrogens (primary N) is 2. The number of aliphatic carboxylic acids is 1. The molecule has 7 aliphatic heterocycles. The molecule has 18 atom stereocenters. The number of carbonyl (C=O) groups is 8. The second-order valence-electron chi connectivity index (χ2n) is 27.3. The Kier molecular flexibility index (Phi) is 24.4. The fourth-order valence-electron chi connectivity index (χ4n) is 13.2. The Morgan fingerprint density at radius 1 is 0.713 bits per heavy atom. The zero-order valence-corrected chi connectivity index (χ0v) is 61.9. The van der Waals surface area contributed by atoms with Crippen molar-refractivity contribution in [1.82, 2.24) is 37.2 Å². The lowest BCUT2D eigenvalue weighted by atomic mass is 9.86. The Hall–Kier alpha value is -9.11. The van der Waals surface area contributed by atoms with Gasteiger partial charge in [0.1, 0.15) is 83.4 Å². The van der Waals surface area contributed by atoms with Crippen molar-refractivity contribution in [1.29, 1.82) is 0 Å². The predicted molar refractivity (Wildman–Crippen MR) is 387 cm³/mol. The quantitative estimate of drug-likeness (QED) is 0.0652. The molecule has 36 heteroatoms. The van der Waals surface area contributed by atoms with Crippen LogP contribution in [-0.2, 0) is 52.6 Å². The largest absolute Gasteiger partial charge is 0.508 e. The van der Waals surface area contributed by atoms with Gasteiger partial charge in [-0.25, -0.2) is 4.79 Å². The monoisotopic (exact) mass is 1620 g/mol. The first-order valence-electron chi connectivity index (χ1n) is 33.8. The molecule has 20 N–H and O–H groups in total. The molecule has 0 aliphatic carbocycles. The van der Waals surface area contributed by atoms with Gasteiger partial charge in [-0.2, -0.15) is 0 Å². The van der Waals surface area contributed by atoms with Crippen molar-refractivity contribution in [3.05, 3.63) is 145 Å². The number of aliphatic hydroxyl groups excluding tert-OH is 5. The molecule has 7 amide bonds. The summed E-state index contributed by atoms with van der Waals surface area (Å²) >= 11 is 18.9. The molecule has 0 saturated carbocycles. The summed E-state index contributed by atoms with van der Waals surface area (Å²) in [6, 6.07) is 6.82. The number of phenolic OH excluding ortho intramolecular Hbond substituents is 3. The maximum Gasteiger partial charge on any atom is 0.330 e. The van der Waals surface area contributed by atoms with E-state index in [1.807, 2.05) is 13.8 Å². The molecule has 32 nitrogen and oxygen atoms in total. The van der Waals surface area contributed by atoms with E-state index in [2.05, 4.69) is 53.1 Å². The summed E-state index contributed by atoms with van der Waals surface area (Å²) < 4.78 is 40.4. The van der Waals surface area contributed by atoms with Gasteiger partial charge < -0.3 is 123 Å². The third kappa shape index (κ3) is 17.5. The maximum atomic E-state index is 16.2. The molecule has 2 fully saturated rings. The van der Waals surface area contributed by atoms with Crippen molar-refractivity contribution in [2.24, 2.45) is 17.4 Å². The Balaban J connectivity index is 1.16. The van der Waals surface area contributed by atoms with E-state index in [1.165, 1.54) is 43.9 Å². The minimum atomic E-state index is -2.33. The summed E-state index contributed by atoms with van der Waals surface area (Å²) in [7, 11) is 1.48. The van der Waals surface area contributed by atoms with E-state index in [4.69, 9.17) is 63.1 Å². The first kappa shape index (κ1) is 79.9. The van der Waals surface area contributed by atoms with Crippen molar-refractivity contribution < 1.29 is 113 Å². The number of amides is 7. The SMILES string of the molecule is CN[C@H](CC(C)C)C(=O)N[C@H]1C(=O)N[C@@H](CC(N)=O)C(=O)NC2C(=O)N[C@H]3C(=O)NC(C(=O)N[C@H](C(=O)O)c4cc(O)cc(O)c4-c4cc3ccc4O)[C@H](O)c3ccc(c(Cl)c3)Oc3cc2cc(c3O[C@@H]2O[C@H](CSc3ccc(Br)cc3)[C@@H](O)[C@H](O)[C@H]2O[C@H]2C[C@](C)(N)[C@H](O)[C@H](C)O2)Oc2ccc(cc2Cl)[C@H]1O. The number of hydrogen-bond acceptors (Lipinski definition) is 25. The molecule has 7 aliphatic rings. The Bertz CT molecular complexity index is 4490. The van der Waals surface area contributed by atoms with Gasteiger partial charge in [0.25, 0.3) is 0 Å². The molecule has 2 unspecified atom stereocenters. The third-order valence-corrected chi connectivity index (χ3v) is 21.0. The number of benzene rings is 6. The lowest BCUT2D eigenvalue weighted by molar-refractivity contribution is -0.329. The van der Waals surface area contributed by atoms with Gasteiger partial charge in [-0.1, -0.05) is 71.2 Å². The van der Waals surface area contributed by atoms with Crippen LogP contribution >= 0.6 is 50.9 Å². The Morgan fingerprint density at radius 2 is 1.32 bits per heavy atom. The molecule has 0 radical (unpaired) electrons. The first-order valence-corrected chi connectivity index (χ1v) is 36.3.